The third kappa shape index (κ3) is 5.59. The second kappa shape index (κ2) is 9.03. The summed E-state index contributed by atoms with van der Waals surface area (Å²) in [4.78, 5) is 13.1. The minimum absolute atomic E-state index is 0.0393. The summed E-state index contributed by atoms with van der Waals surface area (Å²) in [5.41, 5.74) is 0.0402. The van der Waals surface area contributed by atoms with Crippen LogP contribution in [0.5, 0.6) is 11.5 Å². The van der Waals surface area contributed by atoms with Gasteiger partial charge in [-0.25, -0.2) is 4.68 Å². The molecule has 0 aliphatic carbocycles. The SMILES string of the molecule is COc1ccc(C2CC(C(F)(F)F)n3ncc(C(=O)NC(C)(C)CC(C)(C)C)c3N2)cc1OC. The highest BCUT2D eigenvalue weighted by Crippen LogP contribution is 2.45. The highest BCUT2D eigenvalue weighted by Gasteiger charge is 2.47. The summed E-state index contributed by atoms with van der Waals surface area (Å²) in [6.07, 6.45) is -2.95. The minimum atomic E-state index is -4.54. The smallest absolute Gasteiger partial charge is 0.410 e. The molecule has 2 aromatic rings. The van der Waals surface area contributed by atoms with Crippen molar-refractivity contribution in [2.24, 2.45) is 5.41 Å². The van der Waals surface area contributed by atoms with Gasteiger partial charge in [-0.05, 0) is 43.4 Å². The highest BCUT2D eigenvalue weighted by molar-refractivity contribution is 5.99. The Balaban J connectivity index is 1.97. The molecule has 10 heteroatoms. The van der Waals surface area contributed by atoms with E-state index in [-0.39, 0.29) is 23.2 Å². The van der Waals surface area contributed by atoms with Gasteiger partial charge >= 0.3 is 6.18 Å². The first-order valence-electron chi connectivity index (χ1n) is 11.1. The van der Waals surface area contributed by atoms with Crippen LogP contribution in [-0.4, -0.2) is 41.6 Å². The first kappa shape index (κ1) is 25.7. The van der Waals surface area contributed by atoms with Gasteiger partial charge in [0.25, 0.3) is 5.91 Å². The Morgan fingerprint density at radius 1 is 1.15 bits per heavy atom. The van der Waals surface area contributed by atoms with Crippen LogP contribution in [-0.2, 0) is 0 Å². The van der Waals surface area contributed by atoms with E-state index < -0.39 is 29.7 Å². The van der Waals surface area contributed by atoms with Gasteiger partial charge in [-0.2, -0.15) is 18.3 Å². The Kier molecular flexibility index (Phi) is 6.83. The number of hydrogen-bond donors (Lipinski definition) is 2. The maximum absolute atomic E-state index is 14.0. The summed E-state index contributed by atoms with van der Waals surface area (Å²) in [6, 6.07) is 2.37. The Hall–Kier alpha value is -2.91. The van der Waals surface area contributed by atoms with Crippen LogP contribution in [0.4, 0.5) is 19.0 Å². The number of anilines is 1. The number of carbonyl (C=O) groups excluding carboxylic acids is 1. The molecule has 1 aromatic carbocycles. The molecule has 3 rings (SSSR count). The molecule has 1 aromatic heterocycles. The van der Waals surface area contributed by atoms with Crippen LogP contribution >= 0.6 is 0 Å². The molecule has 2 heterocycles. The van der Waals surface area contributed by atoms with Crippen LogP contribution < -0.4 is 20.1 Å². The molecule has 0 bridgehead atoms. The van der Waals surface area contributed by atoms with Gasteiger partial charge < -0.3 is 20.1 Å². The van der Waals surface area contributed by atoms with Gasteiger partial charge in [0.2, 0.25) is 0 Å². The van der Waals surface area contributed by atoms with E-state index in [4.69, 9.17) is 9.47 Å². The lowest BCUT2D eigenvalue weighted by atomic mass is 9.81. The van der Waals surface area contributed by atoms with Crippen LogP contribution in [0.3, 0.4) is 0 Å². The number of halogens is 3. The molecule has 0 fully saturated rings. The number of aromatic nitrogens is 2. The predicted molar refractivity (Wildman–Crippen MR) is 123 cm³/mol. The molecule has 34 heavy (non-hydrogen) atoms. The molecule has 0 spiro atoms. The fourth-order valence-corrected chi connectivity index (χ4v) is 4.76. The number of carbonyl (C=O) groups is 1. The number of alkyl halides is 3. The molecule has 0 saturated heterocycles. The number of fused-ring (bicyclic) bond motifs is 1. The molecule has 1 aliphatic rings. The summed E-state index contributed by atoms with van der Waals surface area (Å²) < 4.78 is 53.4. The summed E-state index contributed by atoms with van der Waals surface area (Å²) in [5.74, 6) is 0.446. The lowest BCUT2D eigenvalue weighted by molar-refractivity contribution is -0.173. The molecular formula is C24H33F3N4O3. The summed E-state index contributed by atoms with van der Waals surface area (Å²) in [6.45, 7) is 9.97. The van der Waals surface area contributed by atoms with E-state index in [0.29, 0.717) is 23.5 Å². The Labute approximate surface area is 198 Å². The van der Waals surface area contributed by atoms with Crippen molar-refractivity contribution in [2.45, 2.75) is 71.3 Å². The molecule has 2 unspecified atom stereocenters. The molecule has 7 nitrogen and oxygen atoms in total. The summed E-state index contributed by atoms with van der Waals surface area (Å²) in [7, 11) is 2.95. The highest BCUT2D eigenvalue weighted by atomic mass is 19.4. The average Bonchev–Trinajstić information content (AvgIpc) is 3.13. The topological polar surface area (TPSA) is 77.4 Å². The number of methoxy groups -OCH3 is 2. The van der Waals surface area contributed by atoms with E-state index in [2.05, 4.69) is 36.5 Å². The fraction of sp³-hybridized carbons (Fsp3) is 0.583. The predicted octanol–water partition coefficient (Wildman–Crippen LogP) is 5.51. The molecule has 0 radical (unpaired) electrons. The summed E-state index contributed by atoms with van der Waals surface area (Å²) >= 11 is 0. The van der Waals surface area contributed by atoms with E-state index in [9.17, 15) is 18.0 Å². The number of rotatable bonds is 6. The van der Waals surface area contributed by atoms with Crippen LogP contribution in [0.15, 0.2) is 24.4 Å². The summed E-state index contributed by atoms with van der Waals surface area (Å²) in [5, 5.41) is 10.0. The number of nitrogens with zero attached hydrogens (tertiary/aromatic N) is 2. The van der Waals surface area contributed by atoms with E-state index in [1.54, 1.807) is 18.2 Å². The van der Waals surface area contributed by atoms with Crippen molar-refractivity contribution in [3.05, 3.63) is 35.5 Å². The first-order valence-corrected chi connectivity index (χ1v) is 11.1. The second-order valence-electron chi connectivity index (χ2n) is 10.5. The maximum Gasteiger partial charge on any atom is 0.410 e. The quantitative estimate of drug-likeness (QED) is 0.568. The second-order valence-corrected chi connectivity index (χ2v) is 10.5. The van der Waals surface area contributed by atoms with E-state index in [1.807, 2.05) is 13.8 Å². The number of amides is 1. The fourth-order valence-electron chi connectivity index (χ4n) is 4.76. The van der Waals surface area contributed by atoms with Crippen molar-refractivity contribution >= 4 is 11.7 Å². The zero-order valence-corrected chi connectivity index (χ0v) is 20.6. The van der Waals surface area contributed by atoms with Crippen LogP contribution in [0.25, 0.3) is 0 Å². The first-order chi connectivity index (χ1) is 15.6. The van der Waals surface area contributed by atoms with Gasteiger partial charge in [0, 0.05) is 12.0 Å². The monoisotopic (exact) mass is 482 g/mol. The molecule has 1 aliphatic heterocycles. The standard InChI is InChI=1S/C24H33F3N4O3/c1-22(2,3)13-23(4,5)30-21(32)15-12-28-31-19(24(25,26)27)11-16(29-20(15)31)14-8-9-17(33-6)18(10-14)34-7/h8-10,12,16,19,29H,11,13H2,1-7H3,(H,30,32). The number of ether oxygens (including phenoxy) is 2. The molecule has 188 valence electrons. The lowest BCUT2D eigenvalue weighted by Crippen LogP contribution is -2.46. The average molecular weight is 483 g/mol. The van der Waals surface area contributed by atoms with Crippen LogP contribution in [0.2, 0.25) is 0 Å². The van der Waals surface area contributed by atoms with Gasteiger partial charge in [0.1, 0.15) is 11.4 Å². The molecule has 2 atom stereocenters. The van der Waals surface area contributed by atoms with Crippen molar-refractivity contribution in [1.82, 2.24) is 15.1 Å². The number of nitrogens with one attached hydrogen (secondary N) is 2. The van der Waals surface area contributed by atoms with Crippen LogP contribution in [0, 0.1) is 5.41 Å². The molecule has 0 saturated carbocycles. The molecule has 2 N–H and O–H groups in total. The van der Waals surface area contributed by atoms with Gasteiger partial charge in [0.15, 0.2) is 17.5 Å². The largest absolute Gasteiger partial charge is 0.493 e. The van der Waals surface area contributed by atoms with Crippen LogP contribution in [0.1, 0.15) is 75.5 Å². The van der Waals surface area contributed by atoms with Crippen molar-refractivity contribution in [2.75, 3.05) is 19.5 Å². The number of hydrogen-bond acceptors (Lipinski definition) is 5. The van der Waals surface area contributed by atoms with Crippen molar-refractivity contribution in [3.8, 4) is 11.5 Å². The van der Waals surface area contributed by atoms with E-state index in [1.165, 1.54) is 20.4 Å². The molecule has 1 amide bonds. The zero-order chi connectivity index (χ0) is 25.5. The van der Waals surface area contributed by atoms with Crippen molar-refractivity contribution in [3.63, 3.8) is 0 Å². The zero-order valence-electron chi connectivity index (χ0n) is 20.6. The normalized spacial score (nSPS) is 18.6. The van der Waals surface area contributed by atoms with Crippen molar-refractivity contribution < 1.29 is 27.4 Å². The Bertz CT molecular complexity index is 1040. The molecular weight excluding hydrogens is 449 g/mol. The number of benzene rings is 1. The maximum atomic E-state index is 14.0. The van der Waals surface area contributed by atoms with Crippen molar-refractivity contribution in [1.29, 1.82) is 0 Å². The minimum Gasteiger partial charge on any atom is -0.493 e. The van der Waals surface area contributed by atoms with Gasteiger partial charge in [-0.1, -0.05) is 26.8 Å². The van der Waals surface area contributed by atoms with Gasteiger partial charge in [0.05, 0.1) is 26.5 Å². The van der Waals surface area contributed by atoms with E-state index in [0.717, 1.165) is 4.68 Å². The lowest BCUT2D eigenvalue weighted by Gasteiger charge is -2.35. The van der Waals surface area contributed by atoms with Gasteiger partial charge in [-0.15, -0.1) is 0 Å². The van der Waals surface area contributed by atoms with Gasteiger partial charge in [-0.3, -0.25) is 4.79 Å². The Morgan fingerprint density at radius 3 is 2.35 bits per heavy atom. The Morgan fingerprint density at radius 2 is 1.79 bits per heavy atom. The van der Waals surface area contributed by atoms with E-state index >= 15 is 0 Å². The third-order valence-corrected chi connectivity index (χ3v) is 5.72. The third-order valence-electron chi connectivity index (χ3n) is 5.72.